The molecule has 0 saturated heterocycles. The molecule has 3 aromatic rings. The summed E-state index contributed by atoms with van der Waals surface area (Å²) < 4.78 is 13.6. The van der Waals surface area contributed by atoms with Crippen molar-refractivity contribution in [3.05, 3.63) is 71.2 Å². The first kappa shape index (κ1) is 16.8. The molecule has 6 heteroatoms. The van der Waals surface area contributed by atoms with Crippen molar-refractivity contribution in [2.45, 2.75) is 20.3 Å². The second kappa shape index (κ2) is 7.70. The van der Waals surface area contributed by atoms with Gasteiger partial charge in [0.1, 0.15) is 5.82 Å². The van der Waals surface area contributed by atoms with Crippen molar-refractivity contribution in [1.82, 2.24) is 15.2 Å². The van der Waals surface area contributed by atoms with E-state index in [0.717, 1.165) is 11.3 Å². The number of nitrogens with zero attached hydrogens (tertiary/aromatic N) is 3. The second-order valence-electron chi connectivity index (χ2n) is 5.81. The Kier molecular flexibility index (Phi) is 5.18. The number of hydrogen-bond acceptors (Lipinski definition) is 5. The SMILES string of the molecule is Cc1cccc(Nc2nncc(NCCc3ccccc3F)n2)c1C. The fourth-order valence-electron chi connectivity index (χ4n) is 2.48. The first-order valence-electron chi connectivity index (χ1n) is 8.14. The van der Waals surface area contributed by atoms with Gasteiger partial charge in [-0.05, 0) is 49.1 Å². The van der Waals surface area contributed by atoms with Gasteiger partial charge in [0.2, 0.25) is 5.95 Å². The van der Waals surface area contributed by atoms with Crippen LogP contribution < -0.4 is 10.6 Å². The zero-order valence-corrected chi connectivity index (χ0v) is 14.3. The van der Waals surface area contributed by atoms with E-state index in [2.05, 4.69) is 38.8 Å². The van der Waals surface area contributed by atoms with E-state index >= 15 is 0 Å². The number of nitrogens with one attached hydrogen (secondary N) is 2. The monoisotopic (exact) mass is 337 g/mol. The molecule has 0 fully saturated rings. The molecule has 1 heterocycles. The van der Waals surface area contributed by atoms with Gasteiger partial charge in [-0.1, -0.05) is 30.3 Å². The van der Waals surface area contributed by atoms with Crippen LogP contribution in [0.3, 0.4) is 0 Å². The number of rotatable bonds is 6. The molecule has 0 spiro atoms. The first-order chi connectivity index (χ1) is 12.1. The Morgan fingerprint density at radius 2 is 1.88 bits per heavy atom. The lowest BCUT2D eigenvalue weighted by Crippen LogP contribution is -2.09. The summed E-state index contributed by atoms with van der Waals surface area (Å²) in [6, 6.07) is 12.8. The van der Waals surface area contributed by atoms with E-state index in [0.29, 0.717) is 30.3 Å². The number of benzene rings is 2. The number of aromatic nitrogens is 3. The van der Waals surface area contributed by atoms with Crippen LogP contribution in [0, 0.1) is 19.7 Å². The number of hydrogen-bond donors (Lipinski definition) is 2. The van der Waals surface area contributed by atoms with Gasteiger partial charge in [0.05, 0.1) is 6.20 Å². The van der Waals surface area contributed by atoms with Crippen LogP contribution in [0.15, 0.2) is 48.7 Å². The predicted molar refractivity (Wildman–Crippen MR) is 97.6 cm³/mol. The normalized spacial score (nSPS) is 10.5. The molecule has 0 aliphatic heterocycles. The Labute approximate surface area is 146 Å². The Morgan fingerprint density at radius 3 is 2.72 bits per heavy atom. The fourth-order valence-corrected chi connectivity index (χ4v) is 2.48. The molecule has 1 aromatic heterocycles. The van der Waals surface area contributed by atoms with Crippen molar-refractivity contribution in [3.8, 4) is 0 Å². The lowest BCUT2D eigenvalue weighted by molar-refractivity contribution is 0.610. The molecule has 0 aliphatic rings. The minimum Gasteiger partial charge on any atom is -0.368 e. The lowest BCUT2D eigenvalue weighted by atomic mass is 10.1. The van der Waals surface area contributed by atoms with Crippen LogP contribution in [-0.4, -0.2) is 21.7 Å². The Balaban J connectivity index is 1.63. The topological polar surface area (TPSA) is 62.7 Å². The van der Waals surface area contributed by atoms with Crippen molar-refractivity contribution in [2.75, 3.05) is 17.2 Å². The van der Waals surface area contributed by atoms with E-state index in [9.17, 15) is 4.39 Å². The number of halogens is 1. The zero-order chi connectivity index (χ0) is 17.6. The van der Waals surface area contributed by atoms with Gasteiger partial charge >= 0.3 is 0 Å². The van der Waals surface area contributed by atoms with E-state index in [-0.39, 0.29) is 5.82 Å². The predicted octanol–water partition coefficient (Wildman–Crippen LogP) is 4.03. The first-order valence-corrected chi connectivity index (χ1v) is 8.14. The van der Waals surface area contributed by atoms with Gasteiger partial charge in [0.25, 0.3) is 0 Å². The van der Waals surface area contributed by atoms with Gasteiger partial charge in [-0.2, -0.15) is 10.1 Å². The number of aryl methyl sites for hydroxylation is 1. The minimum atomic E-state index is -0.192. The average Bonchev–Trinajstić information content (AvgIpc) is 2.61. The Bertz CT molecular complexity index is 866. The molecule has 128 valence electrons. The van der Waals surface area contributed by atoms with Crippen LogP contribution in [0.5, 0.6) is 0 Å². The van der Waals surface area contributed by atoms with Gasteiger partial charge < -0.3 is 10.6 Å². The van der Waals surface area contributed by atoms with E-state index in [1.807, 2.05) is 25.1 Å². The van der Waals surface area contributed by atoms with Crippen LogP contribution >= 0.6 is 0 Å². The molecular formula is C19H20FN5. The van der Waals surface area contributed by atoms with Gasteiger partial charge in [0, 0.05) is 12.2 Å². The largest absolute Gasteiger partial charge is 0.368 e. The van der Waals surface area contributed by atoms with E-state index in [4.69, 9.17) is 0 Å². The highest BCUT2D eigenvalue weighted by Gasteiger charge is 2.05. The summed E-state index contributed by atoms with van der Waals surface area (Å²) in [4.78, 5) is 4.40. The highest BCUT2D eigenvalue weighted by molar-refractivity contribution is 5.60. The smallest absolute Gasteiger partial charge is 0.249 e. The van der Waals surface area contributed by atoms with Gasteiger partial charge in [0.15, 0.2) is 5.82 Å². The fraction of sp³-hybridized carbons (Fsp3) is 0.211. The zero-order valence-electron chi connectivity index (χ0n) is 14.3. The molecule has 0 atom stereocenters. The summed E-state index contributed by atoms with van der Waals surface area (Å²) in [6.45, 7) is 4.66. The summed E-state index contributed by atoms with van der Waals surface area (Å²) in [6.07, 6.45) is 2.12. The highest BCUT2D eigenvalue weighted by Crippen LogP contribution is 2.21. The standard InChI is InChI=1S/C19H20FN5/c1-13-6-5-9-17(14(13)2)23-19-24-18(12-22-25-19)21-11-10-15-7-3-4-8-16(15)20/h3-9,12H,10-11H2,1-2H3,(H2,21,23,24,25). The molecule has 0 radical (unpaired) electrons. The average molecular weight is 337 g/mol. The molecule has 2 N–H and O–H groups in total. The van der Waals surface area contributed by atoms with Crippen LogP contribution in [0.25, 0.3) is 0 Å². The molecule has 0 unspecified atom stereocenters. The maximum absolute atomic E-state index is 13.6. The molecule has 5 nitrogen and oxygen atoms in total. The molecule has 0 saturated carbocycles. The van der Waals surface area contributed by atoms with E-state index in [1.165, 1.54) is 11.6 Å². The summed E-state index contributed by atoms with van der Waals surface area (Å²) in [5.74, 6) is 0.825. The quantitative estimate of drug-likeness (QED) is 0.711. The third-order valence-corrected chi connectivity index (χ3v) is 4.07. The van der Waals surface area contributed by atoms with Crippen LogP contribution in [0.4, 0.5) is 21.8 Å². The molecule has 0 aliphatic carbocycles. The summed E-state index contributed by atoms with van der Waals surface area (Å²) in [5, 5.41) is 14.3. The minimum absolute atomic E-state index is 0.192. The van der Waals surface area contributed by atoms with Crippen LogP contribution in [0.2, 0.25) is 0 Å². The maximum atomic E-state index is 13.6. The maximum Gasteiger partial charge on any atom is 0.249 e. The molecule has 3 rings (SSSR count). The highest BCUT2D eigenvalue weighted by atomic mass is 19.1. The van der Waals surface area contributed by atoms with Gasteiger partial charge in [-0.3, -0.25) is 0 Å². The van der Waals surface area contributed by atoms with Crippen LogP contribution in [0.1, 0.15) is 16.7 Å². The van der Waals surface area contributed by atoms with E-state index < -0.39 is 0 Å². The third kappa shape index (κ3) is 4.29. The molecule has 25 heavy (non-hydrogen) atoms. The lowest BCUT2D eigenvalue weighted by Gasteiger charge is -2.11. The Morgan fingerprint density at radius 1 is 1.04 bits per heavy atom. The van der Waals surface area contributed by atoms with Gasteiger partial charge in [-0.15, -0.1) is 5.10 Å². The summed E-state index contributed by atoms with van der Waals surface area (Å²) in [7, 11) is 0. The molecule has 2 aromatic carbocycles. The van der Waals surface area contributed by atoms with Crippen molar-refractivity contribution in [3.63, 3.8) is 0 Å². The van der Waals surface area contributed by atoms with Crippen molar-refractivity contribution in [1.29, 1.82) is 0 Å². The van der Waals surface area contributed by atoms with Crippen molar-refractivity contribution < 1.29 is 4.39 Å². The van der Waals surface area contributed by atoms with Crippen molar-refractivity contribution >= 4 is 17.5 Å². The third-order valence-electron chi connectivity index (χ3n) is 4.07. The molecular weight excluding hydrogens is 317 g/mol. The van der Waals surface area contributed by atoms with E-state index in [1.54, 1.807) is 18.3 Å². The second-order valence-corrected chi connectivity index (χ2v) is 5.81. The van der Waals surface area contributed by atoms with Gasteiger partial charge in [-0.25, -0.2) is 4.39 Å². The summed E-state index contributed by atoms with van der Waals surface area (Å²) >= 11 is 0. The van der Waals surface area contributed by atoms with Crippen LogP contribution in [-0.2, 0) is 6.42 Å². The van der Waals surface area contributed by atoms with Crippen molar-refractivity contribution in [2.24, 2.45) is 0 Å². The Hall–Kier alpha value is -3.02. The molecule has 0 amide bonds. The molecule has 0 bridgehead atoms. The summed E-state index contributed by atoms with van der Waals surface area (Å²) in [5.41, 5.74) is 3.96. The number of anilines is 3.